The zero-order valence-electron chi connectivity index (χ0n) is 20.8. The first-order chi connectivity index (χ1) is 14.0. The van der Waals surface area contributed by atoms with E-state index in [0.717, 1.165) is 6.61 Å². The molecule has 0 aliphatic heterocycles. The third-order valence-corrected chi connectivity index (χ3v) is 15.0. The zero-order valence-corrected chi connectivity index (χ0v) is 23.3. The van der Waals surface area contributed by atoms with Gasteiger partial charge in [-0.25, -0.2) is 0 Å². The summed E-state index contributed by atoms with van der Waals surface area (Å²) >= 11 is 4.34. The Labute approximate surface area is 193 Å². The molecule has 0 aromatic rings. The number of hydrogen-bond donors (Lipinski definition) is 0. The van der Waals surface area contributed by atoms with Gasteiger partial charge in [0.05, 0.1) is 0 Å². The van der Waals surface area contributed by atoms with Crippen LogP contribution in [0.5, 0.6) is 0 Å². The Kier molecular flexibility index (Phi) is 20.1. The molecular formula is C26H56BrOP. The molecule has 0 rings (SSSR count). The molecule has 29 heavy (non-hydrogen) atoms. The van der Waals surface area contributed by atoms with Gasteiger partial charge in [-0.05, 0) is 0 Å². The van der Waals surface area contributed by atoms with Crippen molar-refractivity contribution in [1.82, 2.24) is 0 Å². The Balaban J connectivity index is 4.05. The van der Waals surface area contributed by atoms with Gasteiger partial charge in [0.25, 0.3) is 0 Å². The van der Waals surface area contributed by atoms with Crippen molar-refractivity contribution in [2.45, 2.75) is 143 Å². The molecule has 0 atom stereocenters. The van der Waals surface area contributed by atoms with E-state index < -0.39 is 5.53 Å². The molecule has 0 heterocycles. The molecule has 0 unspecified atom stereocenters. The summed E-state index contributed by atoms with van der Waals surface area (Å²) in [4.78, 5) is 0. The van der Waals surface area contributed by atoms with Crippen LogP contribution in [0.4, 0.5) is 0 Å². The Bertz CT molecular complexity index is 323. The van der Waals surface area contributed by atoms with Gasteiger partial charge in [0, 0.05) is 0 Å². The number of unbranched alkanes of at least 4 members (excludes halogenated alkanes) is 14. The number of halogens is 1. The molecule has 0 bridgehead atoms. The molecule has 178 valence electrons. The van der Waals surface area contributed by atoms with Crippen LogP contribution < -0.4 is 0 Å². The summed E-state index contributed by atoms with van der Waals surface area (Å²) in [7, 11) is 0. The van der Waals surface area contributed by atoms with Gasteiger partial charge in [-0.2, -0.15) is 0 Å². The summed E-state index contributed by atoms with van der Waals surface area (Å²) in [5.74, 6) is 0. The van der Waals surface area contributed by atoms with E-state index in [1.807, 2.05) is 0 Å². The molecule has 0 aromatic heterocycles. The van der Waals surface area contributed by atoms with E-state index in [-0.39, 0.29) is 0 Å². The van der Waals surface area contributed by atoms with Crippen LogP contribution in [0.15, 0.2) is 0 Å². The number of rotatable bonds is 23. The molecule has 0 aliphatic carbocycles. The van der Waals surface area contributed by atoms with Gasteiger partial charge < -0.3 is 0 Å². The minimum atomic E-state index is -2.13. The van der Waals surface area contributed by atoms with Crippen LogP contribution in [-0.4, -0.2) is 25.1 Å². The summed E-state index contributed by atoms with van der Waals surface area (Å²) in [6.45, 7) is 10.2. The fraction of sp³-hybridized carbons (Fsp3) is 1.00. The fourth-order valence-corrected chi connectivity index (χ4v) is 11.7. The Morgan fingerprint density at radius 3 is 1.10 bits per heavy atom. The Morgan fingerprint density at radius 1 is 0.448 bits per heavy atom. The van der Waals surface area contributed by atoms with Gasteiger partial charge >= 0.3 is 174 Å². The van der Waals surface area contributed by atoms with Gasteiger partial charge in [0.15, 0.2) is 0 Å². The first kappa shape index (κ1) is 29.9. The zero-order chi connectivity index (χ0) is 21.7. The van der Waals surface area contributed by atoms with E-state index in [2.05, 4.69) is 43.2 Å². The van der Waals surface area contributed by atoms with E-state index in [9.17, 15) is 0 Å². The summed E-state index contributed by atoms with van der Waals surface area (Å²) in [5.41, 5.74) is -2.13. The van der Waals surface area contributed by atoms with Crippen LogP contribution in [0.25, 0.3) is 0 Å². The molecule has 0 aliphatic rings. The van der Waals surface area contributed by atoms with Crippen molar-refractivity contribution in [1.29, 1.82) is 0 Å². The Hall–Kier alpha value is 0.870. The molecule has 0 saturated carbocycles. The monoisotopic (exact) mass is 494 g/mol. The molecule has 0 aromatic carbocycles. The number of hydrogen-bond acceptors (Lipinski definition) is 1. The van der Waals surface area contributed by atoms with Crippen molar-refractivity contribution in [2.75, 3.05) is 25.1 Å². The first-order valence-electron chi connectivity index (χ1n) is 13.4. The summed E-state index contributed by atoms with van der Waals surface area (Å²) < 4.78 is 6.86. The van der Waals surface area contributed by atoms with Gasteiger partial charge in [0.2, 0.25) is 0 Å². The van der Waals surface area contributed by atoms with Gasteiger partial charge in [-0.15, -0.1) is 0 Å². The second-order valence-corrected chi connectivity index (χ2v) is 19.4. The molecule has 0 amide bonds. The van der Waals surface area contributed by atoms with Crippen molar-refractivity contribution in [3.63, 3.8) is 0 Å². The average molecular weight is 496 g/mol. The van der Waals surface area contributed by atoms with Crippen LogP contribution >= 0.6 is 21.0 Å². The Morgan fingerprint density at radius 2 is 0.759 bits per heavy atom. The summed E-state index contributed by atoms with van der Waals surface area (Å²) in [6.07, 6.45) is 28.6. The molecule has 0 N–H and O–H groups in total. The summed E-state index contributed by atoms with van der Waals surface area (Å²) in [6, 6.07) is 0. The molecular weight excluding hydrogens is 439 g/mol. The van der Waals surface area contributed by atoms with Crippen molar-refractivity contribution in [2.24, 2.45) is 0 Å². The molecule has 0 saturated heterocycles. The molecule has 0 radical (unpaired) electrons. The fourth-order valence-electron chi connectivity index (χ4n) is 4.28. The van der Waals surface area contributed by atoms with E-state index in [0.29, 0.717) is 0 Å². The van der Waals surface area contributed by atoms with Crippen LogP contribution in [0, 0.1) is 0 Å². The van der Waals surface area contributed by atoms with E-state index in [1.165, 1.54) is 134 Å². The predicted molar refractivity (Wildman–Crippen MR) is 142 cm³/mol. The van der Waals surface area contributed by atoms with Crippen molar-refractivity contribution < 1.29 is 4.52 Å². The molecule has 3 heteroatoms. The van der Waals surface area contributed by atoms with Crippen LogP contribution in [0.1, 0.15) is 143 Å². The topological polar surface area (TPSA) is 9.23 Å². The van der Waals surface area contributed by atoms with Gasteiger partial charge in [-0.3, -0.25) is 0 Å². The molecule has 0 fully saturated rings. The van der Waals surface area contributed by atoms with E-state index >= 15 is 0 Å². The van der Waals surface area contributed by atoms with E-state index in [4.69, 9.17) is 4.52 Å². The first-order valence-corrected chi connectivity index (χ1v) is 18.1. The SMILES string of the molecule is CCCCCCCCCCCCCCOP(Br)(CCCC)(CCCC)CCCC. The van der Waals surface area contributed by atoms with Gasteiger partial charge in [-0.1, -0.05) is 19.8 Å². The normalized spacial score (nSPS) is 13.5. The van der Waals surface area contributed by atoms with Gasteiger partial charge in [0.1, 0.15) is 0 Å². The minimum absolute atomic E-state index is 0.984. The summed E-state index contributed by atoms with van der Waals surface area (Å²) in [5, 5.41) is 0. The third kappa shape index (κ3) is 16.2. The second kappa shape index (κ2) is 19.5. The third-order valence-electron chi connectivity index (χ3n) is 6.42. The molecule has 0 spiro atoms. The van der Waals surface area contributed by atoms with Crippen molar-refractivity contribution in [3.8, 4) is 0 Å². The predicted octanol–water partition coefficient (Wildman–Crippen LogP) is 10.9. The second-order valence-electron chi connectivity index (χ2n) is 9.44. The molecule has 1 nitrogen and oxygen atoms in total. The standard InChI is InChI=1S/C26H56BrOP/c1-5-9-13-14-15-16-17-18-19-20-21-22-23-28-29(27,24-10-6-2,25-11-7-3)26-12-8-4/h5-26H2,1-4H3. The maximum atomic E-state index is 6.86. The van der Waals surface area contributed by atoms with Crippen LogP contribution in [-0.2, 0) is 4.52 Å². The maximum absolute atomic E-state index is 6.86. The van der Waals surface area contributed by atoms with Crippen LogP contribution in [0.3, 0.4) is 0 Å². The quantitative estimate of drug-likeness (QED) is 0.101. The average Bonchev–Trinajstić information content (AvgIpc) is 2.73. The van der Waals surface area contributed by atoms with Crippen molar-refractivity contribution in [3.05, 3.63) is 0 Å². The van der Waals surface area contributed by atoms with Crippen molar-refractivity contribution >= 4 is 21.0 Å². The van der Waals surface area contributed by atoms with E-state index in [1.54, 1.807) is 0 Å². The van der Waals surface area contributed by atoms with Crippen LogP contribution in [0.2, 0.25) is 0 Å².